The van der Waals surface area contributed by atoms with Gasteiger partial charge in [0.1, 0.15) is 18.1 Å². The van der Waals surface area contributed by atoms with Crippen LogP contribution in [0.25, 0.3) is 0 Å². The van der Waals surface area contributed by atoms with Crippen molar-refractivity contribution >= 4 is 5.69 Å². The number of nitrogens with zero attached hydrogens (tertiary/aromatic N) is 1. The SMILES string of the molecule is Oc1ccc2c(c1)OCC2N1CCc2ccccc21. The molecule has 0 radical (unpaired) electrons. The molecule has 0 amide bonds. The number of fused-ring (bicyclic) bond motifs is 2. The third-order valence-electron chi connectivity index (χ3n) is 4.05. The second-order valence-electron chi connectivity index (χ2n) is 5.12. The Bertz CT molecular complexity index is 638. The van der Waals surface area contributed by atoms with Gasteiger partial charge < -0.3 is 14.7 Å². The average molecular weight is 253 g/mol. The van der Waals surface area contributed by atoms with Crippen LogP contribution in [0.4, 0.5) is 5.69 Å². The molecule has 19 heavy (non-hydrogen) atoms. The lowest BCUT2D eigenvalue weighted by Gasteiger charge is -2.26. The molecule has 4 rings (SSSR count). The van der Waals surface area contributed by atoms with Gasteiger partial charge in [-0.2, -0.15) is 0 Å². The Morgan fingerprint density at radius 1 is 1.16 bits per heavy atom. The number of rotatable bonds is 1. The fourth-order valence-electron chi connectivity index (χ4n) is 3.13. The van der Waals surface area contributed by atoms with Crippen molar-refractivity contribution < 1.29 is 9.84 Å². The maximum absolute atomic E-state index is 9.51. The first-order valence-corrected chi connectivity index (χ1v) is 6.63. The Kier molecular flexibility index (Phi) is 2.21. The lowest BCUT2D eigenvalue weighted by molar-refractivity contribution is 0.326. The summed E-state index contributed by atoms with van der Waals surface area (Å²) < 4.78 is 5.72. The van der Waals surface area contributed by atoms with Crippen LogP contribution in [-0.4, -0.2) is 18.3 Å². The van der Waals surface area contributed by atoms with Crippen LogP contribution >= 0.6 is 0 Å². The van der Waals surface area contributed by atoms with Crippen LogP contribution in [0.5, 0.6) is 11.5 Å². The van der Waals surface area contributed by atoms with Crippen molar-refractivity contribution in [1.82, 2.24) is 0 Å². The highest BCUT2D eigenvalue weighted by Crippen LogP contribution is 2.42. The van der Waals surface area contributed by atoms with Crippen LogP contribution in [-0.2, 0) is 6.42 Å². The predicted octanol–water partition coefficient (Wildman–Crippen LogP) is 2.89. The molecule has 2 heterocycles. The van der Waals surface area contributed by atoms with Crippen molar-refractivity contribution in [3.8, 4) is 11.5 Å². The van der Waals surface area contributed by atoms with Crippen molar-refractivity contribution in [2.24, 2.45) is 0 Å². The van der Waals surface area contributed by atoms with Gasteiger partial charge in [-0.15, -0.1) is 0 Å². The predicted molar refractivity (Wildman–Crippen MR) is 73.8 cm³/mol. The number of ether oxygens (including phenoxy) is 1. The number of para-hydroxylation sites is 1. The van der Waals surface area contributed by atoms with Gasteiger partial charge in [-0.05, 0) is 30.2 Å². The second kappa shape index (κ2) is 3.92. The summed E-state index contributed by atoms with van der Waals surface area (Å²) in [5, 5.41) is 9.51. The molecule has 0 bridgehead atoms. The van der Waals surface area contributed by atoms with E-state index in [0.717, 1.165) is 18.7 Å². The molecule has 96 valence electrons. The normalized spacial score (nSPS) is 20.0. The van der Waals surface area contributed by atoms with Gasteiger partial charge in [-0.1, -0.05) is 18.2 Å². The highest BCUT2D eigenvalue weighted by molar-refractivity contribution is 5.61. The molecule has 2 aromatic carbocycles. The lowest BCUT2D eigenvalue weighted by atomic mass is 10.1. The van der Waals surface area contributed by atoms with Crippen molar-refractivity contribution in [3.63, 3.8) is 0 Å². The maximum atomic E-state index is 9.51. The molecule has 0 saturated carbocycles. The quantitative estimate of drug-likeness (QED) is 0.848. The van der Waals surface area contributed by atoms with Crippen molar-refractivity contribution in [2.75, 3.05) is 18.1 Å². The summed E-state index contributed by atoms with van der Waals surface area (Å²) in [5.74, 6) is 1.08. The minimum Gasteiger partial charge on any atom is -0.508 e. The van der Waals surface area contributed by atoms with Crippen LogP contribution in [0.2, 0.25) is 0 Å². The van der Waals surface area contributed by atoms with E-state index < -0.39 is 0 Å². The molecule has 3 nitrogen and oxygen atoms in total. The Morgan fingerprint density at radius 2 is 2.05 bits per heavy atom. The van der Waals surface area contributed by atoms with E-state index in [4.69, 9.17) is 4.74 Å². The van der Waals surface area contributed by atoms with Crippen LogP contribution in [0.15, 0.2) is 42.5 Å². The van der Waals surface area contributed by atoms with Crippen LogP contribution in [0.1, 0.15) is 17.2 Å². The third-order valence-corrected chi connectivity index (χ3v) is 4.05. The molecule has 0 spiro atoms. The minimum absolute atomic E-state index is 0.263. The Hall–Kier alpha value is -2.16. The Morgan fingerprint density at radius 3 is 3.00 bits per heavy atom. The van der Waals surface area contributed by atoms with Crippen LogP contribution in [0.3, 0.4) is 0 Å². The summed E-state index contributed by atoms with van der Waals surface area (Å²) in [6.07, 6.45) is 1.10. The zero-order chi connectivity index (χ0) is 12.8. The van der Waals surface area contributed by atoms with Gasteiger partial charge in [0, 0.05) is 23.9 Å². The molecule has 0 saturated heterocycles. The van der Waals surface area contributed by atoms with E-state index in [2.05, 4.69) is 29.2 Å². The largest absolute Gasteiger partial charge is 0.508 e. The first-order chi connectivity index (χ1) is 9.33. The summed E-state index contributed by atoms with van der Waals surface area (Å²) in [5.41, 5.74) is 3.90. The number of benzene rings is 2. The van der Waals surface area contributed by atoms with E-state index >= 15 is 0 Å². The van der Waals surface area contributed by atoms with E-state index in [0.29, 0.717) is 6.61 Å². The van der Waals surface area contributed by atoms with Gasteiger partial charge in [0.05, 0.1) is 6.04 Å². The molecule has 0 aliphatic carbocycles. The van der Waals surface area contributed by atoms with Gasteiger partial charge in [0.15, 0.2) is 0 Å². The molecule has 1 N–H and O–H groups in total. The van der Waals surface area contributed by atoms with Gasteiger partial charge in [-0.25, -0.2) is 0 Å². The highest BCUT2D eigenvalue weighted by atomic mass is 16.5. The van der Waals surface area contributed by atoms with Gasteiger partial charge in [0.2, 0.25) is 0 Å². The van der Waals surface area contributed by atoms with Gasteiger partial charge in [-0.3, -0.25) is 0 Å². The molecule has 2 aromatic rings. The molecule has 0 fully saturated rings. The molecule has 2 aliphatic rings. The maximum Gasteiger partial charge on any atom is 0.128 e. The first-order valence-electron chi connectivity index (χ1n) is 6.63. The van der Waals surface area contributed by atoms with E-state index in [9.17, 15) is 5.11 Å². The highest BCUT2D eigenvalue weighted by Gasteiger charge is 2.33. The molecule has 3 heteroatoms. The molecule has 0 aromatic heterocycles. The average Bonchev–Trinajstić information content (AvgIpc) is 3.01. The molecule has 1 unspecified atom stereocenters. The second-order valence-corrected chi connectivity index (χ2v) is 5.12. The number of anilines is 1. The Balaban J connectivity index is 1.74. The van der Waals surface area contributed by atoms with Crippen LogP contribution in [0, 0.1) is 0 Å². The van der Waals surface area contributed by atoms with Crippen LogP contribution < -0.4 is 9.64 Å². The summed E-state index contributed by atoms with van der Waals surface area (Å²) in [6.45, 7) is 1.70. The third kappa shape index (κ3) is 1.58. The zero-order valence-electron chi connectivity index (χ0n) is 10.5. The lowest BCUT2D eigenvalue weighted by Crippen LogP contribution is -2.27. The van der Waals surface area contributed by atoms with E-state index in [1.165, 1.54) is 16.8 Å². The number of hydrogen-bond acceptors (Lipinski definition) is 3. The summed E-state index contributed by atoms with van der Waals surface area (Å²) in [7, 11) is 0. The van der Waals surface area contributed by atoms with Crippen molar-refractivity contribution in [2.45, 2.75) is 12.5 Å². The first kappa shape index (κ1) is 10.7. The van der Waals surface area contributed by atoms with E-state index in [1.807, 2.05) is 6.07 Å². The summed E-state index contributed by atoms with van der Waals surface area (Å²) in [4.78, 5) is 2.41. The zero-order valence-corrected chi connectivity index (χ0v) is 10.5. The fraction of sp³-hybridized carbons (Fsp3) is 0.250. The Labute approximate surface area is 112 Å². The number of phenols is 1. The van der Waals surface area contributed by atoms with E-state index in [-0.39, 0.29) is 11.8 Å². The molecule has 2 aliphatic heterocycles. The minimum atomic E-state index is 0.263. The van der Waals surface area contributed by atoms with Crippen molar-refractivity contribution in [1.29, 1.82) is 0 Å². The molecular weight excluding hydrogens is 238 g/mol. The number of aromatic hydroxyl groups is 1. The summed E-state index contributed by atoms with van der Waals surface area (Å²) in [6, 6.07) is 14.2. The fourth-order valence-corrected chi connectivity index (χ4v) is 3.13. The van der Waals surface area contributed by atoms with Gasteiger partial charge in [0.25, 0.3) is 0 Å². The van der Waals surface area contributed by atoms with Crippen molar-refractivity contribution in [3.05, 3.63) is 53.6 Å². The topological polar surface area (TPSA) is 32.7 Å². The number of hydrogen-bond donors (Lipinski definition) is 1. The van der Waals surface area contributed by atoms with E-state index in [1.54, 1.807) is 12.1 Å². The standard InChI is InChI=1S/C16H15NO2/c18-12-5-6-13-15(10-19-16(13)9-12)17-8-7-11-3-1-2-4-14(11)17/h1-6,9,15,18H,7-8,10H2. The number of phenolic OH excluding ortho intramolecular Hbond substituents is 1. The van der Waals surface area contributed by atoms with Gasteiger partial charge >= 0.3 is 0 Å². The summed E-state index contributed by atoms with van der Waals surface area (Å²) >= 11 is 0. The molecule has 1 atom stereocenters. The smallest absolute Gasteiger partial charge is 0.128 e. The molecular formula is C16H15NO2. The monoisotopic (exact) mass is 253 g/mol.